The first kappa shape index (κ1) is 39.1. The lowest BCUT2D eigenvalue weighted by Gasteiger charge is -2.12. The number of rotatable bonds is 30. The Bertz CT molecular complexity index is 667. The summed E-state index contributed by atoms with van der Waals surface area (Å²) in [5.74, 6) is -0.585. The number of hydrogen-bond acceptors (Lipinski definition) is 5. The summed E-state index contributed by atoms with van der Waals surface area (Å²) in [5.41, 5.74) is 0. The first-order valence-electron chi connectivity index (χ1n) is 17.0. The van der Waals surface area contributed by atoms with Gasteiger partial charge in [0.1, 0.15) is 19.3 Å². The number of unbranched alkanes of at least 4 members (excludes halogenated alkanes) is 16. The minimum absolute atomic E-state index is 0.120. The van der Waals surface area contributed by atoms with Crippen LogP contribution >= 0.6 is 0 Å². The highest BCUT2D eigenvalue weighted by atomic mass is 16.6. The topological polar surface area (TPSA) is 72.8 Å². The Balaban J connectivity index is 3.48. The monoisotopic (exact) mass is 576 g/mol. The van der Waals surface area contributed by atoms with Crippen LogP contribution < -0.4 is 0 Å². The second-order valence-corrected chi connectivity index (χ2v) is 11.3. The summed E-state index contributed by atoms with van der Waals surface area (Å²) in [6, 6.07) is 0. The fraction of sp³-hybridized carbons (Fsp3) is 0.778. The summed E-state index contributed by atoms with van der Waals surface area (Å²) in [6.45, 7) is 4.16. The maximum absolute atomic E-state index is 11.9. The molecule has 1 atom stereocenters. The lowest BCUT2D eigenvalue weighted by Crippen LogP contribution is -2.25. The average Bonchev–Trinajstić information content (AvgIpc) is 2.97. The molecule has 0 amide bonds. The van der Waals surface area contributed by atoms with Gasteiger partial charge in [-0.05, 0) is 44.9 Å². The molecule has 5 nitrogen and oxygen atoms in total. The van der Waals surface area contributed by atoms with Gasteiger partial charge in [0.2, 0.25) is 0 Å². The van der Waals surface area contributed by atoms with Crippen LogP contribution in [0.2, 0.25) is 0 Å². The van der Waals surface area contributed by atoms with Crippen LogP contribution in [-0.2, 0) is 19.1 Å². The zero-order valence-corrected chi connectivity index (χ0v) is 26.8. The van der Waals surface area contributed by atoms with E-state index >= 15 is 0 Å². The van der Waals surface area contributed by atoms with Crippen LogP contribution in [0.25, 0.3) is 0 Å². The molecule has 1 N–H and O–H groups in total. The lowest BCUT2D eigenvalue weighted by molar-refractivity contribution is -0.152. The van der Waals surface area contributed by atoms with Gasteiger partial charge in [0, 0.05) is 12.8 Å². The van der Waals surface area contributed by atoms with Crippen LogP contribution in [0.4, 0.5) is 0 Å². The van der Waals surface area contributed by atoms with Crippen LogP contribution in [0, 0.1) is 0 Å². The van der Waals surface area contributed by atoms with Crippen molar-refractivity contribution in [3.8, 4) is 0 Å². The number of esters is 2. The lowest BCUT2D eigenvalue weighted by atomic mass is 10.0. The molecule has 0 bridgehead atoms. The minimum Gasteiger partial charge on any atom is -0.463 e. The summed E-state index contributed by atoms with van der Waals surface area (Å²) in [5, 5.41) is 9.96. The fourth-order valence-corrected chi connectivity index (χ4v) is 4.57. The van der Waals surface area contributed by atoms with Crippen molar-refractivity contribution in [2.75, 3.05) is 13.2 Å². The molecule has 5 heteroatoms. The second kappa shape index (κ2) is 32.6. The van der Waals surface area contributed by atoms with E-state index in [1.54, 1.807) is 0 Å². The number of carbonyl (C=O) groups excluding carboxylic acids is 2. The van der Waals surface area contributed by atoms with Gasteiger partial charge in [-0.25, -0.2) is 0 Å². The van der Waals surface area contributed by atoms with Crippen molar-refractivity contribution in [2.45, 2.75) is 168 Å². The van der Waals surface area contributed by atoms with E-state index in [0.29, 0.717) is 12.8 Å². The number of aliphatic hydroxyl groups excluding tert-OH is 1. The molecule has 0 aromatic heterocycles. The predicted octanol–water partition coefficient (Wildman–Crippen LogP) is 10.1. The Morgan fingerprint density at radius 2 is 0.927 bits per heavy atom. The summed E-state index contributed by atoms with van der Waals surface area (Å²) in [7, 11) is 0. The van der Waals surface area contributed by atoms with Gasteiger partial charge in [0.15, 0.2) is 0 Å². The smallest absolute Gasteiger partial charge is 0.305 e. The molecule has 0 unspecified atom stereocenters. The van der Waals surface area contributed by atoms with Crippen LogP contribution in [0.1, 0.15) is 162 Å². The first-order valence-corrected chi connectivity index (χ1v) is 17.0. The normalized spacial score (nSPS) is 12.6. The van der Waals surface area contributed by atoms with Crippen LogP contribution in [0.3, 0.4) is 0 Å². The molecule has 0 fully saturated rings. The summed E-state index contributed by atoms with van der Waals surface area (Å²) < 4.78 is 10.3. The zero-order chi connectivity index (χ0) is 30.1. The number of hydrogen-bond donors (Lipinski definition) is 1. The van der Waals surface area contributed by atoms with Gasteiger partial charge < -0.3 is 14.6 Å². The molecule has 41 heavy (non-hydrogen) atoms. The van der Waals surface area contributed by atoms with E-state index in [9.17, 15) is 14.7 Å². The molecular formula is C36H64O5. The molecule has 0 aliphatic rings. The van der Waals surface area contributed by atoms with Crippen molar-refractivity contribution in [1.29, 1.82) is 0 Å². The quantitative estimate of drug-likeness (QED) is 0.0523. The Kier molecular flexibility index (Phi) is 31.1. The van der Waals surface area contributed by atoms with Crippen molar-refractivity contribution < 1.29 is 24.2 Å². The van der Waals surface area contributed by atoms with E-state index in [2.05, 4.69) is 50.3 Å². The Hall–Kier alpha value is -1.88. The Labute approximate surface area is 253 Å². The fourth-order valence-electron chi connectivity index (χ4n) is 4.57. The van der Waals surface area contributed by atoms with Crippen molar-refractivity contribution in [3.05, 3.63) is 36.5 Å². The van der Waals surface area contributed by atoms with Crippen molar-refractivity contribution in [1.82, 2.24) is 0 Å². The van der Waals surface area contributed by atoms with Gasteiger partial charge in [0.05, 0.1) is 0 Å². The molecule has 0 aromatic carbocycles. The van der Waals surface area contributed by atoms with Gasteiger partial charge in [0.25, 0.3) is 0 Å². The average molecular weight is 577 g/mol. The number of carbonyl (C=O) groups is 2. The minimum atomic E-state index is -0.966. The highest BCUT2D eigenvalue weighted by Gasteiger charge is 2.12. The summed E-state index contributed by atoms with van der Waals surface area (Å²) in [4.78, 5) is 23.8. The zero-order valence-electron chi connectivity index (χ0n) is 26.8. The SMILES string of the molecule is CC/C=C\C/C=C\C/C=C\CCCCCCCC(=O)OC[C@H](O)COC(=O)CCCCCCCCCCCCCC. The Morgan fingerprint density at radius 3 is 1.39 bits per heavy atom. The summed E-state index contributed by atoms with van der Waals surface area (Å²) >= 11 is 0. The standard InChI is InChI=1S/C36H64O5/c1-3-5-7-9-11-13-15-17-18-19-21-23-25-27-29-31-36(39)41-33-34(37)32-40-35(38)30-28-26-24-22-20-16-14-12-10-8-6-4-2/h5,7,11,13,17-18,34,37H,3-4,6,8-10,12,14-16,19-33H2,1-2H3/b7-5-,13-11-,18-17-/t34-/m1/s1. The maximum atomic E-state index is 11.9. The third kappa shape index (κ3) is 32.5. The van der Waals surface area contributed by atoms with Crippen molar-refractivity contribution in [3.63, 3.8) is 0 Å². The van der Waals surface area contributed by atoms with E-state index in [4.69, 9.17) is 9.47 Å². The molecule has 0 heterocycles. The third-order valence-electron chi connectivity index (χ3n) is 7.14. The van der Waals surface area contributed by atoms with Gasteiger partial charge in [-0.3, -0.25) is 9.59 Å². The van der Waals surface area contributed by atoms with E-state index < -0.39 is 6.10 Å². The maximum Gasteiger partial charge on any atom is 0.305 e. The van der Waals surface area contributed by atoms with Gasteiger partial charge >= 0.3 is 11.9 Å². The molecule has 238 valence electrons. The highest BCUT2D eigenvalue weighted by Crippen LogP contribution is 2.13. The largest absolute Gasteiger partial charge is 0.463 e. The molecule has 0 saturated heterocycles. The van der Waals surface area contributed by atoms with Gasteiger partial charge in [-0.2, -0.15) is 0 Å². The van der Waals surface area contributed by atoms with Crippen LogP contribution in [0.15, 0.2) is 36.5 Å². The van der Waals surface area contributed by atoms with E-state index in [-0.39, 0.29) is 25.2 Å². The molecule has 0 aromatic rings. The van der Waals surface area contributed by atoms with E-state index in [1.165, 1.54) is 70.6 Å². The number of ether oxygens (including phenoxy) is 2. The van der Waals surface area contributed by atoms with Crippen molar-refractivity contribution in [2.24, 2.45) is 0 Å². The number of allylic oxidation sites excluding steroid dienone is 6. The molecule has 0 rings (SSSR count). The summed E-state index contributed by atoms with van der Waals surface area (Å²) in [6.07, 6.45) is 37.6. The molecule has 0 spiro atoms. The van der Waals surface area contributed by atoms with E-state index in [1.807, 2.05) is 0 Å². The second-order valence-electron chi connectivity index (χ2n) is 11.3. The molecular weight excluding hydrogens is 512 g/mol. The van der Waals surface area contributed by atoms with Crippen LogP contribution in [0.5, 0.6) is 0 Å². The van der Waals surface area contributed by atoms with Gasteiger partial charge in [-0.1, -0.05) is 140 Å². The molecule has 0 aliphatic carbocycles. The first-order chi connectivity index (χ1) is 20.1. The molecule has 0 aliphatic heterocycles. The van der Waals surface area contributed by atoms with Crippen LogP contribution in [-0.4, -0.2) is 36.4 Å². The highest BCUT2D eigenvalue weighted by molar-refractivity contribution is 5.69. The van der Waals surface area contributed by atoms with Crippen molar-refractivity contribution >= 4 is 11.9 Å². The third-order valence-corrected chi connectivity index (χ3v) is 7.14. The Morgan fingerprint density at radius 1 is 0.537 bits per heavy atom. The van der Waals surface area contributed by atoms with E-state index in [0.717, 1.165) is 64.2 Å². The van der Waals surface area contributed by atoms with Gasteiger partial charge in [-0.15, -0.1) is 0 Å². The molecule has 0 saturated carbocycles. The predicted molar refractivity (Wildman–Crippen MR) is 173 cm³/mol. The molecule has 0 radical (unpaired) electrons. The number of aliphatic hydroxyl groups is 1.